The zero-order valence-electron chi connectivity index (χ0n) is 11.0. The van der Waals surface area contributed by atoms with Crippen LogP contribution in [0.1, 0.15) is 18.4 Å². The second-order valence-electron chi connectivity index (χ2n) is 4.44. The van der Waals surface area contributed by atoms with Crippen LogP contribution in [0.15, 0.2) is 29.2 Å². The summed E-state index contributed by atoms with van der Waals surface area (Å²) >= 11 is 0. The molecule has 5 nitrogen and oxygen atoms in total. The fraction of sp³-hybridized carbons (Fsp3) is 0.429. The van der Waals surface area contributed by atoms with E-state index in [9.17, 15) is 8.42 Å². The molecule has 0 amide bonds. The van der Waals surface area contributed by atoms with Crippen LogP contribution in [0, 0.1) is 11.8 Å². The Bertz CT molecular complexity index is 610. The van der Waals surface area contributed by atoms with Crippen molar-refractivity contribution in [1.82, 2.24) is 4.72 Å². The van der Waals surface area contributed by atoms with Gasteiger partial charge in [0.05, 0.1) is 11.0 Å². The third kappa shape index (κ3) is 3.81. The molecule has 0 radical (unpaired) electrons. The average molecular weight is 295 g/mol. The molecule has 1 saturated heterocycles. The lowest BCUT2D eigenvalue weighted by molar-refractivity contribution is 0.114. The van der Waals surface area contributed by atoms with Gasteiger partial charge in [0.15, 0.2) is 0 Å². The van der Waals surface area contributed by atoms with Crippen molar-refractivity contribution >= 4 is 10.0 Å². The van der Waals surface area contributed by atoms with Crippen molar-refractivity contribution in [3.05, 3.63) is 29.8 Å². The zero-order chi connectivity index (χ0) is 14.4. The van der Waals surface area contributed by atoms with Gasteiger partial charge in [-0.05, 0) is 25.0 Å². The normalized spacial score (nSPS) is 18.6. The summed E-state index contributed by atoms with van der Waals surface area (Å²) < 4.78 is 32.5. The number of hydrogen-bond donors (Lipinski definition) is 2. The Morgan fingerprint density at radius 2 is 2.20 bits per heavy atom. The highest BCUT2D eigenvalue weighted by molar-refractivity contribution is 7.89. The van der Waals surface area contributed by atoms with Gasteiger partial charge in [-0.3, -0.25) is 0 Å². The molecule has 1 aromatic rings. The minimum atomic E-state index is -3.62. The molecule has 1 fully saturated rings. The quantitative estimate of drug-likeness (QED) is 0.793. The molecule has 1 heterocycles. The number of rotatable bonds is 4. The third-order valence-corrected chi connectivity index (χ3v) is 4.49. The summed E-state index contributed by atoms with van der Waals surface area (Å²) in [6.45, 7) is 0.646. The lowest BCUT2D eigenvalue weighted by Gasteiger charge is -2.12. The molecule has 0 bridgehead atoms. The van der Waals surface area contributed by atoms with E-state index in [0.717, 1.165) is 12.8 Å². The van der Waals surface area contributed by atoms with Gasteiger partial charge in [-0.15, -0.1) is 0 Å². The molecule has 1 aromatic carbocycles. The Balaban J connectivity index is 2.16. The van der Waals surface area contributed by atoms with Gasteiger partial charge in [0.2, 0.25) is 10.0 Å². The number of hydrogen-bond acceptors (Lipinski definition) is 4. The van der Waals surface area contributed by atoms with Crippen LogP contribution < -0.4 is 4.72 Å². The number of benzene rings is 1. The lowest BCUT2D eigenvalue weighted by atomic mass is 10.2. The largest absolute Gasteiger partial charge is 0.384 e. The molecule has 2 rings (SSSR count). The van der Waals surface area contributed by atoms with Gasteiger partial charge < -0.3 is 9.84 Å². The Kier molecular flexibility index (Phi) is 5.15. The number of aliphatic hydroxyl groups excluding tert-OH is 1. The van der Waals surface area contributed by atoms with E-state index < -0.39 is 10.0 Å². The maximum atomic E-state index is 12.3. The first-order valence-electron chi connectivity index (χ1n) is 6.43. The summed E-state index contributed by atoms with van der Waals surface area (Å²) in [5, 5.41) is 8.71. The minimum absolute atomic E-state index is 0.0551. The number of ether oxygens (including phenoxy) is 1. The van der Waals surface area contributed by atoms with Crippen molar-refractivity contribution in [3.8, 4) is 11.8 Å². The van der Waals surface area contributed by atoms with Crippen molar-refractivity contribution in [2.45, 2.75) is 23.8 Å². The Morgan fingerprint density at radius 1 is 1.40 bits per heavy atom. The van der Waals surface area contributed by atoms with Crippen LogP contribution in [0.2, 0.25) is 0 Å². The molecular weight excluding hydrogens is 278 g/mol. The molecule has 108 valence electrons. The van der Waals surface area contributed by atoms with Crippen molar-refractivity contribution in [1.29, 1.82) is 0 Å². The van der Waals surface area contributed by atoms with E-state index in [-0.39, 0.29) is 24.2 Å². The van der Waals surface area contributed by atoms with Gasteiger partial charge in [-0.25, -0.2) is 13.1 Å². The van der Waals surface area contributed by atoms with Crippen molar-refractivity contribution in [2.75, 3.05) is 19.8 Å². The first kappa shape index (κ1) is 15.0. The maximum Gasteiger partial charge on any atom is 0.241 e. The first-order valence-corrected chi connectivity index (χ1v) is 7.92. The summed E-state index contributed by atoms with van der Waals surface area (Å²) in [6, 6.07) is 6.47. The van der Waals surface area contributed by atoms with Gasteiger partial charge in [0.25, 0.3) is 0 Å². The van der Waals surface area contributed by atoms with Crippen molar-refractivity contribution < 1.29 is 18.3 Å². The fourth-order valence-electron chi connectivity index (χ4n) is 2.02. The van der Waals surface area contributed by atoms with E-state index in [1.165, 1.54) is 6.07 Å². The maximum absolute atomic E-state index is 12.3. The number of sulfonamides is 1. The summed E-state index contributed by atoms with van der Waals surface area (Å²) in [4.78, 5) is 0.124. The van der Waals surface area contributed by atoms with Crippen molar-refractivity contribution in [3.63, 3.8) is 0 Å². The van der Waals surface area contributed by atoms with E-state index in [4.69, 9.17) is 9.84 Å². The van der Waals surface area contributed by atoms with Crippen LogP contribution in [0.25, 0.3) is 0 Å². The van der Waals surface area contributed by atoms with E-state index in [1.807, 2.05) is 0 Å². The standard InChI is InChI=1S/C14H17NO4S/c16-9-3-6-12-5-1-2-8-14(12)20(17,18)15-11-13-7-4-10-19-13/h1-2,5,8,13,15-16H,4,7,9-11H2. The summed E-state index contributed by atoms with van der Waals surface area (Å²) in [7, 11) is -3.62. The molecule has 0 aromatic heterocycles. The van der Waals surface area contributed by atoms with Gasteiger partial charge in [0, 0.05) is 18.7 Å². The second-order valence-corrected chi connectivity index (χ2v) is 6.18. The van der Waals surface area contributed by atoms with Crippen LogP contribution in [0.4, 0.5) is 0 Å². The van der Waals surface area contributed by atoms with Gasteiger partial charge in [0.1, 0.15) is 6.61 Å². The molecular formula is C14H17NO4S. The predicted octanol–water partition coefficient (Wildman–Crippen LogP) is 0.488. The SMILES string of the molecule is O=S(=O)(NCC1CCCO1)c1ccccc1C#CCO. The van der Waals surface area contributed by atoms with Crippen LogP contribution in [0.3, 0.4) is 0 Å². The van der Waals surface area contributed by atoms with Gasteiger partial charge in [-0.1, -0.05) is 24.0 Å². The molecule has 1 unspecified atom stereocenters. The Labute approximate surface area is 119 Å². The first-order chi connectivity index (χ1) is 9.63. The molecule has 6 heteroatoms. The highest BCUT2D eigenvalue weighted by Gasteiger charge is 2.21. The Morgan fingerprint density at radius 3 is 2.90 bits per heavy atom. The van der Waals surface area contributed by atoms with Crippen LogP contribution in [-0.2, 0) is 14.8 Å². The molecule has 2 N–H and O–H groups in total. The van der Waals surface area contributed by atoms with E-state index in [1.54, 1.807) is 18.2 Å². The van der Waals surface area contributed by atoms with Crippen molar-refractivity contribution in [2.24, 2.45) is 0 Å². The topological polar surface area (TPSA) is 75.6 Å². The highest BCUT2D eigenvalue weighted by Crippen LogP contribution is 2.16. The molecule has 1 atom stereocenters. The second kappa shape index (κ2) is 6.86. The summed E-state index contributed by atoms with van der Waals surface area (Å²) in [6.07, 6.45) is 1.78. The summed E-state index contributed by atoms with van der Waals surface area (Å²) in [5.41, 5.74) is 0.376. The average Bonchev–Trinajstić information content (AvgIpc) is 2.97. The Hall–Kier alpha value is -1.39. The summed E-state index contributed by atoms with van der Waals surface area (Å²) in [5.74, 6) is 5.11. The third-order valence-electron chi connectivity index (χ3n) is 3.00. The number of nitrogens with one attached hydrogen (secondary N) is 1. The smallest absolute Gasteiger partial charge is 0.241 e. The molecule has 1 aliphatic heterocycles. The van der Waals surface area contributed by atoms with E-state index in [0.29, 0.717) is 12.2 Å². The fourth-order valence-corrected chi connectivity index (χ4v) is 3.25. The highest BCUT2D eigenvalue weighted by atomic mass is 32.2. The van der Waals surface area contributed by atoms with E-state index >= 15 is 0 Å². The molecule has 1 aliphatic rings. The molecule has 0 saturated carbocycles. The van der Waals surface area contributed by atoms with Gasteiger partial charge in [-0.2, -0.15) is 0 Å². The lowest BCUT2D eigenvalue weighted by Crippen LogP contribution is -2.32. The number of aliphatic hydroxyl groups is 1. The molecule has 20 heavy (non-hydrogen) atoms. The minimum Gasteiger partial charge on any atom is -0.384 e. The van der Waals surface area contributed by atoms with E-state index in [2.05, 4.69) is 16.6 Å². The monoisotopic (exact) mass is 295 g/mol. The predicted molar refractivity (Wildman–Crippen MR) is 74.6 cm³/mol. The molecule has 0 aliphatic carbocycles. The molecule has 0 spiro atoms. The van der Waals surface area contributed by atoms with Crippen LogP contribution >= 0.6 is 0 Å². The van der Waals surface area contributed by atoms with Crippen LogP contribution in [-0.4, -0.2) is 39.4 Å². The van der Waals surface area contributed by atoms with Crippen LogP contribution in [0.5, 0.6) is 0 Å². The van der Waals surface area contributed by atoms with Gasteiger partial charge >= 0.3 is 0 Å². The zero-order valence-corrected chi connectivity index (χ0v) is 11.8.